The Kier molecular flexibility index (Phi) is 5.50. The topological polar surface area (TPSA) is 104 Å². The largest absolute Gasteiger partial charge is 0.377 e. The number of anilines is 1. The second-order valence-corrected chi connectivity index (χ2v) is 11.1. The van der Waals surface area contributed by atoms with Gasteiger partial charge in [-0.2, -0.15) is 5.10 Å². The van der Waals surface area contributed by atoms with E-state index in [1.807, 2.05) is 22.9 Å². The predicted octanol–water partition coefficient (Wildman–Crippen LogP) is 3.18. The molecule has 6 rings (SSSR count). The van der Waals surface area contributed by atoms with E-state index in [-0.39, 0.29) is 12.3 Å². The molecule has 0 aliphatic carbocycles. The van der Waals surface area contributed by atoms with Crippen LogP contribution < -0.4 is 4.90 Å². The Hall–Kier alpha value is -3.02. The average Bonchev–Trinajstić information content (AvgIpc) is 3.52. The molecule has 4 aromatic rings. The van der Waals surface area contributed by atoms with Gasteiger partial charge in [0.15, 0.2) is 6.23 Å². The van der Waals surface area contributed by atoms with Crippen LogP contribution in [0.5, 0.6) is 0 Å². The highest BCUT2D eigenvalue weighted by Crippen LogP contribution is 2.38. The highest BCUT2D eigenvalue weighted by atomic mass is 32.2. The minimum Gasteiger partial charge on any atom is -0.377 e. The van der Waals surface area contributed by atoms with Crippen molar-refractivity contribution in [1.82, 2.24) is 23.7 Å². The van der Waals surface area contributed by atoms with Crippen molar-refractivity contribution < 1.29 is 17.9 Å². The molecule has 0 amide bonds. The van der Waals surface area contributed by atoms with Crippen LogP contribution in [0.25, 0.3) is 33.2 Å². The first-order valence-electron chi connectivity index (χ1n) is 11.9. The predicted molar refractivity (Wildman–Crippen MR) is 133 cm³/mol. The molecule has 0 radical (unpaired) electrons. The second-order valence-electron chi connectivity index (χ2n) is 9.23. The fourth-order valence-electron chi connectivity index (χ4n) is 5.16. The number of rotatable bonds is 4. The molecule has 11 heteroatoms. The molecule has 0 saturated carbocycles. The lowest BCUT2D eigenvalue weighted by Crippen LogP contribution is -2.44. The number of pyridine rings is 2. The third kappa shape index (κ3) is 3.78. The monoisotopic (exact) mass is 496 g/mol. The Morgan fingerprint density at radius 2 is 1.97 bits per heavy atom. The van der Waals surface area contributed by atoms with Crippen molar-refractivity contribution in [3.05, 3.63) is 36.8 Å². The summed E-state index contributed by atoms with van der Waals surface area (Å²) >= 11 is 0. The quantitative estimate of drug-likeness (QED) is 0.424. The molecule has 4 aromatic heterocycles. The molecule has 10 nitrogen and oxygen atoms in total. The van der Waals surface area contributed by atoms with E-state index in [0.29, 0.717) is 43.1 Å². The van der Waals surface area contributed by atoms with E-state index in [1.165, 1.54) is 10.2 Å². The van der Waals surface area contributed by atoms with E-state index >= 15 is 0 Å². The fraction of sp³-hybridized carbons (Fsp3) is 0.458. The molecule has 2 fully saturated rings. The number of ether oxygens (including phenoxy) is 2. The smallest absolute Gasteiger partial charge is 0.236 e. The maximum Gasteiger partial charge on any atom is 0.236 e. The first-order chi connectivity index (χ1) is 16.9. The van der Waals surface area contributed by atoms with Gasteiger partial charge in [0.2, 0.25) is 10.0 Å². The highest BCUT2D eigenvalue weighted by molar-refractivity contribution is 7.89. The zero-order chi connectivity index (χ0) is 24.2. The lowest BCUT2D eigenvalue weighted by Gasteiger charge is -2.35. The SMILES string of the molecule is C[C@@H]1COCCN1c1nc2c(-c3ccnn3C3CCCCO3)nccc2c2c1ccn2S(C)(=O)=O. The Bertz CT molecular complexity index is 1510. The third-order valence-electron chi connectivity index (χ3n) is 6.83. The van der Waals surface area contributed by atoms with Crippen LogP contribution in [0, 0.1) is 0 Å². The average molecular weight is 497 g/mol. The van der Waals surface area contributed by atoms with Crippen molar-refractivity contribution >= 4 is 37.6 Å². The van der Waals surface area contributed by atoms with E-state index in [1.54, 1.807) is 18.6 Å². The van der Waals surface area contributed by atoms with E-state index in [0.717, 1.165) is 41.5 Å². The van der Waals surface area contributed by atoms with E-state index in [4.69, 9.17) is 19.4 Å². The Morgan fingerprint density at radius 3 is 2.74 bits per heavy atom. The van der Waals surface area contributed by atoms with Gasteiger partial charge in [-0.1, -0.05) is 0 Å². The zero-order valence-electron chi connectivity index (χ0n) is 19.8. The van der Waals surface area contributed by atoms with Gasteiger partial charge in [0.1, 0.15) is 17.0 Å². The standard InChI is InChI=1S/C24H28N6O4S/c1-16-15-33-14-12-28(16)24-18-8-11-29(35(2,31)32)23(18)17-6-9-25-22(21(17)27-24)19-7-10-26-30(19)20-5-3-4-13-34-20/h6-11,16,20H,3-5,12-15H2,1-2H3/t16-,20?/m1/s1. The molecule has 2 atom stereocenters. The van der Waals surface area contributed by atoms with E-state index in [9.17, 15) is 8.42 Å². The molecule has 6 heterocycles. The molecule has 0 N–H and O–H groups in total. The van der Waals surface area contributed by atoms with Gasteiger partial charge in [0, 0.05) is 42.5 Å². The van der Waals surface area contributed by atoms with Crippen LogP contribution >= 0.6 is 0 Å². The second kappa shape index (κ2) is 8.58. The molecule has 1 unspecified atom stereocenters. The van der Waals surface area contributed by atoms with E-state index < -0.39 is 10.0 Å². The van der Waals surface area contributed by atoms with Crippen LogP contribution in [0.2, 0.25) is 0 Å². The summed E-state index contributed by atoms with van der Waals surface area (Å²) in [5.41, 5.74) is 2.69. The number of hydrogen-bond acceptors (Lipinski definition) is 8. The summed E-state index contributed by atoms with van der Waals surface area (Å²) < 4.78 is 40.3. The fourth-order valence-corrected chi connectivity index (χ4v) is 5.97. The molecule has 2 aliphatic heterocycles. The van der Waals surface area contributed by atoms with Crippen molar-refractivity contribution in [1.29, 1.82) is 0 Å². The molecule has 0 aromatic carbocycles. The van der Waals surface area contributed by atoms with E-state index in [2.05, 4.69) is 16.9 Å². The van der Waals surface area contributed by atoms with Crippen molar-refractivity contribution in [3.63, 3.8) is 0 Å². The lowest BCUT2D eigenvalue weighted by molar-refractivity contribution is -0.0383. The van der Waals surface area contributed by atoms with Gasteiger partial charge < -0.3 is 14.4 Å². The number of morpholine rings is 1. The third-order valence-corrected chi connectivity index (χ3v) is 7.85. The highest BCUT2D eigenvalue weighted by Gasteiger charge is 2.28. The zero-order valence-corrected chi connectivity index (χ0v) is 20.6. The van der Waals surface area contributed by atoms with Crippen molar-refractivity contribution in [2.75, 3.05) is 37.5 Å². The summed E-state index contributed by atoms with van der Waals surface area (Å²) in [6.07, 6.45) is 9.11. The Balaban J connectivity index is 1.64. The number of aromatic nitrogens is 5. The first-order valence-corrected chi connectivity index (χ1v) is 13.8. The van der Waals surface area contributed by atoms with Crippen LogP contribution in [-0.2, 0) is 19.5 Å². The van der Waals surface area contributed by atoms with Gasteiger partial charge >= 0.3 is 0 Å². The minimum atomic E-state index is -3.54. The van der Waals surface area contributed by atoms with Crippen molar-refractivity contribution in [3.8, 4) is 11.4 Å². The van der Waals surface area contributed by atoms with Crippen LogP contribution in [0.1, 0.15) is 32.4 Å². The van der Waals surface area contributed by atoms with Crippen LogP contribution in [0.4, 0.5) is 5.82 Å². The van der Waals surface area contributed by atoms with Gasteiger partial charge in [-0.3, -0.25) is 4.98 Å². The van der Waals surface area contributed by atoms with Gasteiger partial charge in [0.25, 0.3) is 0 Å². The van der Waals surface area contributed by atoms with Crippen LogP contribution in [0.15, 0.2) is 36.8 Å². The van der Waals surface area contributed by atoms with Crippen LogP contribution in [-0.4, -0.2) is 70.8 Å². The van der Waals surface area contributed by atoms with Gasteiger partial charge in [-0.05, 0) is 44.4 Å². The first kappa shape index (κ1) is 22.4. The molecule has 2 aliphatic rings. The van der Waals surface area contributed by atoms with Gasteiger partial charge in [-0.15, -0.1) is 0 Å². The van der Waals surface area contributed by atoms with Gasteiger partial charge in [-0.25, -0.2) is 22.1 Å². The maximum absolute atomic E-state index is 12.7. The summed E-state index contributed by atoms with van der Waals surface area (Å²) in [6, 6.07) is 5.68. The Morgan fingerprint density at radius 1 is 1.09 bits per heavy atom. The normalized spacial score (nSPS) is 21.7. The van der Waals surface area contributed by atoms with Crippen LogP contribution in [0.3, 0.4) is 0 Å². The molecular weight excluding hydrogens is 468 g/mol. The molecule has 0 spiro atoms. The molecule has 35 heavy (non-hydrogen) atoms. The van der Waals surface area contributed by atoms with Gasteiger partial charge in [0.05, 0.1) is 36.7 Å². The lowest BCUT2D eigenvalue weighted by atomic mass is 10.1. The molecule has 2 saturated heterocycles. The minimum absolute atomic E-state index is 0.0970. The number of nitrogens with zero attached hydrogens (tertiary/aromatic N) is 6. The summed E-state index contributed by atoms with van der Waals surface area (Å²) in [4.78, 5) is 12.0. The van der Waals surface area contributed by atoms with Crippen molar-refractivity contribution in [2.45, 2.75) is 38.5 Å². The number of fused-ring (bicyclic) bond motifs is 3. The molecule has 0 bridgehead atoms. The maximum atomic E-state index is 12.7. The molecule has 184 valence electrons. The summed E-state index contributed by atoms with van der Waals surface area (Å²) in [6.45, 7) is 4.63. The summed E-state index contributed by atoms with van der Waals surface area (Å²) in [7, 11) is -3.54. The molecular formula is C24H28N6O4S. The summed E-state index contributed by atoms with van der Waals surface area (Å²) in [5.74, 6) is 0.736. The number of hydrogen-bond donors (Lipinski definition) is 0. The summed E-state index contributed by atoms with van der Waals surface area (Å²) in [5, 5.41) is 6.07. The van der Waals surface area contributed by atoms with Crippen molar-refractivity contribution in [2.24, 2.45) is 0 Å². The Labute approximate surface area is 203 Å².